The van der Waals surface area contributed by atoms with Crippen LogP contribution in [-0.4, -0.2) is 22.3 Å². The van der Waals surface area contributed by atoms with Crippen LogP contribution in [0, 0.1) is 0 Å². The quantitative estimate of drug-likeness (QED) is 0.539. The lowest BCUT2D eigenvalue weighted by atomic mass is 10.2. The lowest BCUT2D eigenvalue weighted by Crippen LogP contribution is -2.17. The molecule has 1 aromatic heterocycles. The minimum Gasteiger partial charge on any atom is -0.330 e. The molecule has 120 valence electrons. The zero-order chi connectivity index (χ0) is 16.8. The van der Waals surface area contributed by atoms with E-state index in [1.165, 1.54) is 17.6 Å². The van der Waals surface area contributed by atoms with Gasteiger partial charge in [0.25, 0.3) is 5.91 Å². The lowest BCUT2D eigenvalue weighted by molar-refractivity contribution is 0.0955. The van der Waals surface area contributed by atoms with Crippen LogP contribution in [0.5, 0.6) is 0 Å². The second-order valence-corrected chi connectivity index (χ2v) is 6.09. The number of carbonyl (C=O) groups excluding carboxylic acids is 1. The average Bonchev–Trinajstić information content (AvgIpc) is 3.05. The smallest absolute Gasteiger partial charge is 0.271 e. The number of nitrogens with zero attached hydrogens (tertiary/aromatic N) is 3. The Morgan fingerprint density at radius 2 is 1.83 bits per heavy atom. The fourth-order valence-corrected chi connectivity index (χ4v) is 2.56. The van der Waals surface area contributed by atoms with Crippen molar-refractivity contribution < 1.29 is 4.79 Å². The Balaban J connectivity index is 1.57. The van der Waals surface area contributed by atoms with Crippen LogP contribution in [0.25, 0.3) is 0 Å². The third-order valence-electron chi connectivity index (χ3n) is 2.91. The molecule has 0 fully saturated rings. The minimum absolute atomic E-state index is 0.282. The van der Waals surface area contributed by atoms with Gasteiger partial charge in [0.1, 0.15) is 0 Å². The molecule has 2 aromatic carbocycles. The van der Waals surface area contributed by atoms with E-state index in [4.69, 9.17) is 11.6 Å². The molecule has 24 heavy (non-hydrogen) atoms. The van der Waals surface area contributed by atoms with E-state index >= 15 is 0 Å². The molecule has 1 amide bonds. The Morgan fingerprint density at radius 3 is 2.58 bits per heavy atom. The summed E-state index contributed by atoms with van der Waals surface area (Å²) in [6.45, 7) is 0. The van der Waals surface area contributed by atoms with E-state index in [1.54, 1.807) is 36.4 Å². The average molecular weight is 358 g/mol. The third kappa shape index (κ3) is 4.37. The Kier molecular flexibility index (Phi) is 5.15. The number of rotatable bonds is 5. The van der Waals surface area contributed by atoms with E-state index in [2.05, 4.69) is 26.0 Å². The highest BCUT2D eigenvalue weighted by atomic mass is 35.5. The maximum absolute atomic E-state index is 11.8. The molecule has 0 saturated carbocycles. The fraction of sp³-hybridized carbons (Fsp3) is 0. The molecule has 1 heterocycles. The first-order valence-corrected chi connectivity index (χ1v) is 8.15. The van der Waals surface area contributed by atoms with Gasteiger partial charge in [-0.1, -0.05) is 41.1 Å². The Labute approximate surface area is 147 Å². The van der Waals surface area contributed by atoms with Gasteiger partial charge in [0.15, 0.2) is 5.01 Å². The van der Waals surface area contributed by atoms with Gasteiger partial charge in [-0.2, -0.15) is 5.10 Å². The van der Waals surface area contributed by atoms with Crippen LogP contribution < -0.4 is 10.7 Å². The number of hydrogen-bond acceptors (Lipinski definition) is 6. The number of amides is 1. The molecule has 0 atom stereocenters. The van der Waals surface area contributed by atoms with Crippen molar-refractivity contribution in [3.63, 3.8) is 0 Å². The third-order valence-corrected chi connectivity index (χ3v) is 3.94. The molecule has 0 aliphatic heterocycles. The van der Waals surface area contributed by atoms with Crippen molar-refractivity contribution in [3.05, 3.63) is 70.2 Å². The molecular weight excluding hydrogens is 346 g/mol. The summed E-state index contributed by atoms with van der Waals surface area (Å²) in [7, 11) is 0. The summed E-state index contributed by atoms with van der Waals surface area (Å²) in [5.74, 6) is -0.282. The van der Waals surface area contributed by atoms with E-state index in [0.29, 0.717) is 20.7 Å². The molecule has 0 saturated heterocycles. The van der Waals surface area contributed by atoms with E-state index in [1.807, 2.05) is 18.2 Å². The topological polar surface area (TPSA) is 79.3 Å². The van der Waals surface area contributed by atoms with Gasteiger partial charge in [-0.25, -0.2) is 5.43 Å². The Bertz CT molecular complexity index is 848. The first kappa shape index (κ1) is 16.1. The van der Waals surface area contributed by atoms with Gasteiger partial charge in [-0.3, -0.25) is 4.79 Å². The van der Waals surface area contributed by atoms with E-state index < -0.39 is 0 Å². The van der Waals surface area contributed by atoms with Gasteiger partial charge < -0.3 is 5.32 Å². The maximum Gasteiger partial charge on any atom is 0.271 e. The van der Waals surface area contributed by atoms with Gasteiger partial charge in [0, 0.05) is 16.3 Å². The van der Waals surface area contributed by atoms with Crippen molar-refractivity contribution >= 4 is 45.9 Å². The van der Waals surface area contributed by atoms with Crippen LogP contribution in [0.4, 0.5) is 10.8 Å². The molecule has 3 rings (SSSR count). The summed E-state index contributed by atoms with van der Waals surface area (Å²) in [6.07, 6.45) is 1.45. The molecule has 0 aliphatic rings. The summed E-state index contributed by atoms with van der Waals surface area (Å²) in [6, 6.07) is 16.1. The van der Waals surface area contributed by atoms with E-state index in [0.717, 1.165) is 5.69 Å². The number of nitrogens with one attached hydrogen (secondary N) is 2. The van der Waals surface area contributed by atoms with Crippen LogP contribution in [0.15, 0.2) is 59.7 Å². The number of hydrogen-bond donors (Lipinski definition) is 2. The molecule has 2 N–H and O–H groups in total. The van der Waals surface area contributed by atoms with Gasteiger partial charge in [0.2, 0.25) is 5.13 Å². The molecule has 0 aliphatic carbocycles. The van der Waals surface area contributed by atoms with E-state index in [9.17, 15) is 4.79 Å². The van der Waals surface area contributed by atoms with Crippen molar-refractivity contribution in [1.29, 1.82) is 0 Å². The van der Waals surface area contributed by atoms with Gasteiger partial charge >= 0.3 is 0 Å². The SMILES string of the molecule is O=C(N/N=C\c1nnc(Nc2ccc(Cl)cc2)s1)c1ccccc1. The highest BCUT2D eigenvalue weighted by Crippen LogP contribution is 2.21. The number of benzene rings is 2. The predicted molar refractivity (Wildman–Crippen MR) is 96.1 cm³/mol. The van der Waals surface area contributed by atoms with Crippen LogP contribution in [0.3, 0.4) is 0 Å². The summed E-state index contributed by atoms with van der Waals surface area (Å²) in [4.78, 5) is 11.8. The largest absolute Gasteiger partial charge is 0.330 e. The Hall–Kier alpha value is -2.77. The van der Waals surface area contributed by atoms with Gasteiger partial charge in [0.05, 0.1) is 6.21 Å². The number of aromatic nitrogens is 2. The lowest BCUT2D eigenvalue weighted by Gasteiger charge is -2.00. The second-order valence-electron chi connectivity index (χ2n) is 4.64. The highest BCUT2D eigenvalue weighted by molar-refractivity contribution is 7.16. The summed E-state index contributed by atoms with van der Waals surface area (Å²) in [5, 5.41) is 16.8. The van der Waals surface area contributed by atoms with Gasteiger partial charge in [-0.05, 0) is 36.4 Å². The number of halogens is 1. The second kappa shape index (κ2) is 7.67. The van der Waals surface area contributed by atoms with Crippen LogP contribution in [0.1, 0.15) is 15.4 Å². The summed E-state index contributed by atoms with van der Waals surface area (Å²) < 4.78 is 0. The normalized spacial score (nSPS) is 10.7. The standard InChI is InChI=1S/C16H12ClN5OS/c17-12-6-8-13(9-7-12)19-16-22-20-14(24-16)10-18-21-15(23)11-4-2-1-3-5-11/h1-10H,(H,19,22)(H,21,23)/b18-10-. The predicted octanol–water partition coefficient (Wildman–Crippen LogP) is 3.70. The molecule has 0 bridgehead atoms. The van der Waals surface area contributed by atoms with Crippen LogP contribution >= 0.6 is 22.9 Å². The molecule has 8 heteroatoms. The van der Waals surface area contributed by atoms with Crippen molar-refractivity contribution in [3.8, 4) is 0 Å². The minimum atomic E-state index is -0.282. The van der Waals surface area contributed by atoms with Crippen molar-refractivity contribution in [1.82, 2.24) is 15.6 Å². The first-order chi connectivity index (χ1) is 11.7. The van der Waals surface area contributed by atoms with E-state index in [-0.39, 0.29) is 5.91 Å². The Morgan fingerprint density at radius 1 is 1.08 bits per heavy atom. The van der Waals surface area contributed by atoms with Crippen LogP contribution in [-0.2, 0) is 0 Å². The van der Waals surface area contributed by atoms with Crippen molar-refractivity contribution in [2.45, 2.75) is 0 Å². The molecule has 0 radical (unpaired) electrons. The maximum atomic E-state index is 11.8. The first-order valence-electron chi connectivity index (χ1n) is 6.95. The summed E-state index contributed by atoms with van der Waals surface area (Å²) in [5.41, 5.74) is 3.84. The zero-order valence-electron chi connectivity index (χ0n) is 12.3. The molecule has 0 spiro atoms. The zero-order valence-corrected chi connectivity index (χ0v) is 13.9. The molecule has 0 unspecified atom stereocenters. The number of hydrazone groups is 1. The fourth-order valence-electron chi connectivity index (χ4n) is 1.79. The molecule has 3 aromatic rings. The van der Waals surface area contributed by atoms with Crippen molar-refractivity contribution in [2.75, 3.05) is 5.32 Å². The summed E-state index contributed by atoms with van der Waals surface area (Å²) >= 11 is 7.15. The monoisotopic (exact) mass is 357 g/mol. The number of carbonyl (C=O) groups is 1. The van der Waals surface area contributed by atoms with Crippen LogP contribution in [0.2, 0.25) is 5.02 Å². The van der Waals surface area contributed by atoms with Crippen molar-refractivity contribution in [2.24, 2.45) is 5.10 Å². The number of anilines is 2. The van der Waals surface area contributed by atoms with Gasteiger partial charge in [-0.15, -0.1) is 10.2 Å². The molecule has 6 nitrogen and oxygen atoms in total. The highest BCUT2D eigenvalue weighted by Gasteiger charge is 2.04. The molecular formula is C16H12ClN5OS.